The standard InChI is InChI=1S/C5H8F2O5S/c1-2-3-12-4(8)5(6,7)13(9,10)11/h2-3H2,1H3,(H,9,10,11). The largest absolute Gasteiger partial charge is 0.465 e. The molecule has 0 spiro atoms. The maximum atomic E-state index is 12.3. The first-order valence-corrected chi connectivity index (χ1v) is 4.69. The number of rotatable bonds is 4. The summed E-state index contributed by atoms with van der Waals surface area (Å²) in [5, 5.41) is -4.89. The summed E-state index contributed by atoms with van der Waals surface area (Å²) in [6, 6.07) is 0. The third kappa shape index (κ3) is 2.88. The Bertz CT molecular complexity index is 283. The van der Waals surface area contributed by atoms with Gasteiger partial charge >= 0.3 is 21.3 Å². The molecule has 0 unspecified atom stereocenters. The molecule has 0 saturated heterocycles. The smallest absolute Gasteiger partial charge is 0.460 e. The van der Waals surface area contributed by atoms with Crippen LogP contribution in [-0.4, -0.2) is 30.8 Å². The van der Waals surface area contributed by atoms with E-state index in [2.05, 4.69) is 4.74 Å². The number of halogens is 2. The molecule has 0 aliphatic heterocycles. The lowest BCUT2D eigenvalue weighted by Gasteiger charge is -2.10. The molecular weight excluding hydrogens is 210 g/mol. The highest BCUT2D eigenvalue weighted by Gasteiger charge is 2.54. The van der Waals surface area contributed by atoms with Gasteiger partial charge in [-0.05, 0) is 6.42 Å². The predicted octanol–water partition coefficient (Wildman–Crippen LogP) is 0.420. The van der Waals surface area contributed by atoms with E-state index in [1.807, 2.05) is 0 Å². The van der Waals surface area contributed by atoms with Crippen LogP contribution in [0, 0.1) is 0 Å². The van der Waals surface area contributed by atoms with Crippen molar-refractivity contribution in [2.75, 3.05) is 6.61 Å². The second-order valence-electron chi connectivity index (χ2n) is 2.13. The van der Waals surface area contributed by atoms with Gasteiger partial charge in [0, 0.05) is 0 Å². The summed E-state index contributed by atoms with van der Waals surface area (Å²) in [6.07, 6.45) is 0.271. The molecule has 0 aromatic carbocycles. The molecule has 0 bridgehead atoms. The Morgan fingerprint density at radius 1 is 1.54 bits per heavy atom. The van der Waals surface area contributed by atoms with Crippen LogP contribution < -0.4 is 0 Å². The Morgan fingerprint density at radius 2 is 2.00 bits per heavy atom. The monoisotopic (exact) mass is 218 g/mol. The number of esters is 1. The van der Waals surface area contributed by atoms with Gasteiger partial charge in [0.05, 0.1) is 6.61 Å². The minimum atomic E-state index is -5.74. The molecule has 0 amide bonds. The maximum absolute atomic E-state index is 12.3. The fourth-order valence-corrected chi connectivity index (χ4v) is 0.654. The van der Waals surface area contributed by atoms with Crippen molar-refractivity contribution in [1.29, 1.82) is 0 Å². The summed E-state index contributed by atoms with van der Waals surface area (Å²) in [5.74, 6) is -2.27. The van der Waals surface area contributed by atoms with Gasteiger partial charge in [-0.3, -0.25) is 4.55 Å². The van der Waals surface area contributed by atoms with Gasteiger partial charge in [-0.1, -0.05) is 6.92 Å². The molecule has 0 fully saturated rings. The van der Waals surface area contributed by atoms with Crippen molar-refractivity contribution in [2.45, 2.75) is 18.6 Å². The molecular formula is C5H8F2O5S. The zero-order valence-electron chi connectivity index (χ0n) is 6.66. The van der Waals surface area contributed by atoms with Gasteiger partial charge in [-0.15, -0.1) is 0 Å². The van der Waals surface area contributed by atoms with Crippen molar-refractivity contribution in [1.82, 2.24) is 0 Å². The predicted molar refractivity (Wildman–Crippen MR) is 37.7 cm³/mol. The normalized spacial score (nSPS) is 12.6. The average Bonchev–Trinajstić information content (AvgIpc) is 1.97. The van der Waals surface area contributed by atoms with E-state index < -0.39 is 21.3 Å². The van der Waals surface area contributed by atoms with Crippen molar-refractivity contribution in [3.8, 4) is 0 Å². The van der Waals surface area contributed by atoms with Crippen LogP contribution in [0.5, 0.6) is 0 Å². The van der Waals surface area contributed by atoms with Crippen molar-refractivity contribution in [3.63, 3.8) is 0 Å². The molecule has 0 aromatic heterocycles. The van der Waals surface area contributed by atoms with Gasteiger partial charge in [0.15, 0.2) is 0 Å². The lowest BCUT2D eigenvalue weighted by molar-refractivity contribution is -0.161. The molecule has 0 aromatic rings. The molecule has 0 saturated carbocycles. The summed E-state index contributed by atoms with van der Waals surface area (Å²) < 4.78 is 56.4. The van der Waals surface area contributed by atoms with Crippen molar-refractivity contribution in [3.05, 3.63) is 0 Å². The van der Waals surface area contributed by atoms with Gasteiger partial charge < -0.3 is 4.74 Å². The van der Waals surface area contributed by atoms with E-state index in [-0.39, 0.29) is 13.0 Å². The number of alkyl halides is 2. The second kappa shape index (κ2) is 3.97. The van der Waals surface area contributed by atoms with Crippen molar-refractivity contribution < 1.29 is 31.3 Å². The molecule has 0 heterocycles. The molecule has 5 nitrogen and oxygen atoms in total. The average molecular weight is 218 g/mol. The fourth-order valence-electron chi connectivity index (χ4n) is 0.384. The van der Waals surface area contributed by atoms with Gasteiger partial charge in [-0.2, -0.15) is 17.2 Å². The lowest BCUT2D eigenvalue weighted by Crippen LogP contribution is -2.39. The van der Waals surface area contributed by atoms with Crippen molar-refractivity contribution >= 4 is 16.1 Å². The van der Waals surface area contributed by atoms with Crippen LogP contribution in [0.15, 0.2) is 0 Å². The first-order chi connectivity index (χ1) is 5.73. The third-order valence-electron chi connectivity index (χ3n) is 0.999. The van der Waals surface area contributed by atoms with E-state index in [4.69, 9.17) is 4.55 Å². The molecule has 0 atom stereocenters. The summed E-state index contributed by atoms with van der Waals surface area (Å²) in [4.78, 5) is 10.4. The molecule has 78 valence electrons. The van der Waals surface area contributed by atoms with E-state index in [1.165, 1.54) is 0 Å². The summed E-state index contributed by atoms with van der Waals surface area (Å²) in [5.41, 5.74) is 0. The van der Waals surface area contributed by atoms with E-state index in [0.717, 1.165) is 0 Å². The number of hydrogen-bond acceptors (Lipinski definition) is 4. The Hall–Kier alpha value is -0.760. The highest BCUT2D eigenvalue weighted by atomic mass is 32.2. The van der Waals surface area contributed by atoms with Crippen LogP contribution in [0.4, 0.5) is 8.78 Å². The zero-order valence-corrected chi connectivity index (χ0v) is 7.48. The van der Waals surface area contributed by atoms with Crippen LogP contribution in [-0.2, 0) is 19.6 Å². The minimum absolute atomic E-state index is 0.271. The molecule has 0 aliphatic carbocycles. The molecule has 13 heavy (non-hydrogen) atoms. The lowest BCUT2D eigenvalue weighted by atomic mass is 10.5. The van der Waals surface area contributed by atoms with E-state index >= 15 is 0 Å². The van der Waals surface area contributed by atoms with Gasteiger partial charge in [0.2, 0.25) is 0 Å². The second-order valence-corrected chi connectivity index (χ2v) is 3.59. The Morgan fingerprint density at radius 3 is 2.31 bits per heavy atom. The number of ether oxygens (including phenoxy) is 1. The molecule has 1 N–H and O–H groups in total. The third-order valence-corrected chi connectivity index (χ3v) is 1.81. The summed E-state index contributed by atoms with van der Waals surface area (Å²) in [6.45, 7) is 1.21. The van der Waals surface area contributed by atoms with Crippen LogP contribution in [0.1, 0.15) is 13.3 Å². The Labute approximate surface area is 73.4 Å². The number of carbonyl (C=O) groups is 1. The van der Waals surface area contributed by atoms with Gasteiger partial charge in [0.25, 0.3) is 0 Å². The molecule has 0 rings (SSSR count). The Balaban J connectivity index is 4.57. The van der Waals surface area contributed by atoms with E-state index in [0.29, 0.717) is 0 Å². The first-order valence-electron chi connectivity index (χ1n) is 3.25. The quantitative estimate of drug-likeness (QED) is 0.546. The van der Waals surface area contributed by atoms with Gasteiger partial charge in [0.1, 0.15) is 0 Å². The summed E-state index contributed by atoms with van der Waals surface area (Å²) in [7, 11) is -5.74. The topological polar surface area (TPSA) is 80.7 Å². The fraction of sp³-hybridized carbons (Fsp3) is 0.800. The van der Waals surface area contributed by atoms with E-state index in [1.54, 1.807) is 6.92 Å². The SMILES string of the molecule is CCCOC(=O)C(F)(F)S(=O)(=O)O. The highest BCUT2D eigenvalue weighted by Crippen LogP contribution is 2.21. The number of carbonyl (C=O) groups excluding carboxylic acids is 1. The Kier molecular flexibility index (Phi) is 3.73. The molecule has 0 radical (unpaired) electrons. The maximum Gasteiger partial charge on any atom is 0.465 e. The van der Waals surface area contributed by atoms with Gasteiger partial charge in [-0.25, -0.2) is 4.79 Å². The van der Waals surface area contributed by atoms with Crippen LogP contribution in [0.2, 0.25) is 0 Å². The summed E-state index contributed by atoms with van der Waals surface area (Å²) >= 11 is 0. The van der Waals surface area contributed by atoms with Crippen molar-refractivity contribution in [2.24, 2.45) is 0 Å². The van der Waals surface area contributed by atoms with Crippen LogP contribution in [0.25, 0.3) is 0 Å². The molecule has 0 aliphatic rings. The molecule has 8 heteroatoms. The minimum Gasteiger partial charge on any atom is -0.460 e. The van der Waals surface area contributed by atoms with E-state index in [9.17, 15) is 22.0 Å². The number of hydrogen-bond donors (Lipinski definition) is 1. The zero-order chi connectivity index (χ0) is 10.7. The highest BCUT2D eigenvalue weighted by molar-refractivity contribution is 7.87. The van der Waals surface area contributed by atoms with Crippen LogP contribution in [0.3, 0.4) is 0 Å². The van der Waals surface area contributed by atoms with Crippen LogP contribution >= 0.6 is 0 Å². The first kappa shape index (κ1) is 12.2.